The van der Waals surface area contributed by atoms with Gasteiger partial charge in [0.1, 0.15) is 52.2 Å². The molecule has 0 bridgehead atoms. The summed E-state index contributed by atoms with van der Waals surface area (Å²) in [6.07, 6.45) is 3.55. The Hall–Kier alpha value is -11.4. The summed E-state index contributed by atoms with van der Waals surface area (Å²) < 4.78 is 22.6. The third kappa shape index (κ3) is 13.5. The number of ether oxygens (including phenoxy) is 3. The Bertz CT molecular complexity index is 4710. The highest BCUT2D eigenvalue weighted by atomic mass is 16.6. The topological polar surface area (TPSA) is 119 Å². The first-order valence-corrected chi connectivity index (χ1v) is 35.2. The van der Waals surface area contributed by atoms with Crippen molar-refractivity contribution in [3.05, 3.63) is 324 Å². The van der Waals surface area contributed by atoms with Crippen molar-refractivity contribution in [3.8, 4) is 34.0 Å². The molecule has 6 heterocycles. The lowest BCUT2D eigenvalue weighted by molar-refractivity contribution is 0.0794. The van der Waals surface area contributed by atoms with Crippen LogP contribution in [0.1, 0.15) is 80.5 Å². The summed E-state index contributed by atoms with van der Waals surface area (Å²) in [6, 6.07) is 95.3. The number of carbonyl (C=O) groups excluding carboxylic acids is 1. The number of aromatic nitrogens is 6. The number of likely N-dealkylation sites (N-methyl/N-ethyl adjacent to an activating group) is 1. The van der Waals surface area contributed by atoms with Crippen LogP contribution in [0.5, 0.6) is 11.5 Å². The smallest absolute Gasteiger partial charge is 0.410 e. The van der Waals surface area contributed by atoms with E-state index in [1.165, 1.54) is 0 Å². The second-order valence-electron chi connectivity index (χ2n) is 26.9. The molecule has 0 radical (unpaired) electrons. The lowest BCUT2D eigenvalue weighted by atomic mass is 9.77. The number of pyridine rings is 2. The van der Waals surface area contributed by atoms with E-state index in [-0.39, 0.29) is 30.9 Å². The SMILES string of the molecule is CC(C)Oc1ccc2c(c1)c(-c1ccnc(N3CCN(C(=O)OCc4ccccc4)C(C)C3)c1)nn2C(c1ccccc1)(c1ccccc1)c1ccccc1.CC(C)Oc1ccc2c(c1)c(-c1ccnc(N3CCN(C)C(C)C3)c1)nn2C(c1ccccc1)(c1ccccc1)c1ccccc1. The molecule has 0 N–H and O–H groups in total. The summed E-state index contributed by atoms with van der Waals surface area (Å²) in [5.74, 6) is 3.43. The van der Waals surface area contributed by atoms with E-state index in [0.717, 1.165) is 126 Å². The van der Waals surface area contributed by atoms with Gasteiger partial charge in [-0.2, -0.15) is 10.2 Å². The maximum Gasteiger partial charge on any atom is 0.410 e. The molecule has 2 unspecified atom stereocenters. The molecular formula is C87H86N10O4. The van der Waals surface area contributed by atoms with Crippen LogP contribution >= 0.6 is 0 Å². The number of benzene rings is 9. The Kier molecular flexibility index (Phi) is 19.6. The van der Waals surface area contributed by atoms with E-state index in [1.54, 1.807) is 0 Å². The van der Waals surface area contributed by atoms with Gasteiger partial charge in [-0.1, -0.05) is 212 Å². The maximum atomic E-state index is 13.1. The van der Waals surface area contributed by atoms with Crippen molar-refractivity contribution in [1.82, 2.24) is 39.3 Å². The second kappa shape index (κ2) is 29.6. The van der Waals surface area contributed by atoms with Gasteiger partial charge in [0.15, 0.2) is 0 Å². The summed E-state index contributed by atoms with van der Waals surface area (Å²) >= 11 is 0. The fourth-order valence-corrected chi connectivity index (χ4v) is 14.6. The van der Waals surface area contributed by atoms with Gasteiger partial charge in [0.25, 0.3) is 0 Å². The van der Waals surface area contributed by atoms with Crippen LogP contribution in [0.25, 0.3) is 44.3 Å². The van der Waals surface area contributed by atoms with Gasteiger partial charge in [-0.05, 0) is 148 Å². The average molecular weight is 1340 g/mol. The van der Waals surface area contributed by atoms with Crippen molar-refractivity contribution in [1.29, 1.82) is 0 Å². The van der Waals surface area contributed by atoms with Crippen LogP contribution in [0.4, 0.5) is 16.4 Å². The van der Waals surface area contributed by atoms with Gasteiger partial charge >= 0.3 is 6.09 Å². The molecule has 0 spiro atoms. The molecule has 508 valence electrons. The predicted molar refractivity (Wildman–Crippen MR) is 406 cm³/mol. The normalized spacial score (nSPS) is 15.2. The quantitative estimate of drug-likeness (QED) is 0.0764. The van der Waals surface area contributed by atoms with Gasteiger partial charge in [0, 0.05) is 85.6 Å². The summed E-state index contributed by atoms with van der Waals surface area (Å²) in [6.45, 7) is 17.5. The molecule has 2 aliphatic rings. The zero-order valence-corrected chi connectivity index (χ0v) is 58.5. The first-order chi connectivity index (χ1) is 49.4. The second-order valence-corrected chi connectivity index (χ2v) is 26.9. The van der Waals surface area contributed by atoms with Crippen LogP contribution in [-0.2, 0) is 22.4 Å². The number of amides is 1. The monoisotopic (exact) mass is 1330 g/mol. The third-order valence-electron chi connectivity index (χ3n) is 19.5. The van der Waals surface area contributed by atoms with Crippen LogP contribution in [0.3, 0.4) is 0 Å². The molecule has 0 saturated carbocycles. The molecule has 0 aliphatic carbocycles. The van der Waals surface area contributed by atoms with Crippen LogP contribution in [0.2, 0.25) is 0 Å². The Labute approximate surface area is 592 Å². The molecule has 2 saturated heterocycles. The minimum absolute atomic E-state index is 0.0109. The highest BCUT2D eigenvalue weighted by molar-refractivity contribution is 5.97. The van der Waals surface area contributed by atoms with Gasteiger partial charge in [-0.15, -0.1) is 0 Å². The number of anilines is 2. The van der Waals surface area contributed by atoms with E-state index in [4.69, 9.17) is 34.4 Å². The summed E-state index contributed by atoms with van der Waals surface area (Å²) in [5.41, 5.74) is 11.8. The van der Waals surface area contributed by atoms with E-state index in [2.05, 4.69) is 289 Å². The first-order valence-electron chi connectivity index (χ1n) is 35.2. The Morgan fingerprint density at radius 2 is 0.792 bits per heavy atom. The van der Waals surface area contributed by atoms with Crippen molar-refractivity contribution in [2.24, 2.45) is 0 Å². The highest BCUT2D eigenvalue weighted by Crippen LogP contribution is 2.47. The first kappa shape index (κ1) is 66.9. The van der Waals surface area contributed by atoms with E-state index < -0.39 is 11.1 Å². The van der Waals surface area contributed by atoms with Crippen molar-refractivity contribution in [2.45, 2.75) is 83.5 Å². The van der Waals surface area contributed by atoms with Gasteiger partial charge in [0.2, 0.25) is 0 Å². The summed E-state index contributed by atoms with van der Waals surface area (Å²) in [7, 11) is 2.19. The van der Waals surface area contributed by atoms with E-state index in [9.17, 15) is 4.79 Å². The summed E-state index contributed by atoms with van der Waals surface area (Å²) in [4.78, 5) is 31.6. The van der Waals surface area contributed by atoms with Crippen LogP contribution in [-0.4, -0.2) is 116 Å². The van der Waals surface area contributed by atoms with Crippen molar-refractivity contribution < 1.29 is 19.0 Å². The predicted octanol–water partition coefficient (Wildman–Crippen LogP) is 17.4. The molecule has 14 nitrogen and oxygen atoms in total. The minimum Gasteiger partial charge on any atom is -0.491 e. The Morgan fingerprint density at radius 1 is 0.436 bits per heavy atom. The Balaban J connectivity index is 0.000000174. The number of rotatable bonds is 18. The van der Waals surface area contributed by atoms with Gasteiger partial charge in [0.05, 0.1) is 23.2 Å². The molecule has 13 aromatic rings. The zero-order valence-electron chi connectivity index (χ0n) is 58.5. The lowest BCUT2D eigenvalue weighted by Crippen LogP contribution is -2.54. The standard InChI is InChI=1S/C47H45N5O3.C40H41N5O/c1-34(2)55-41-24-25-43-42(31-41)45(49-52(43)47(38-18-10-5-11-19-38,39-20-12-6-13-21-39)40-22-14-7-15-23-40)37-26-27-48-44(30-37)50-28-29-51(35(3)32-50)46(53)54-33-36-16-8-4-9-17-36;1-29(2)46-35-20-21-37-36(27-35)39(31-22-23-41-38(26-31)44-25-24-43(4)30(3)28-44)42-45(37)40(32-14-8-5-9-15-32,33-16-10-6-11-17-33)34-18-12-7-13-19-34/h4-27,30-31,34-35H,28-29,32-33H2,1-3H3;5-23,26-27,29-30H,24-25,28H2,1-4H3. The van der Waals surface area contributed by atoms with Crippen LogP contribution in [0, 0.1) is 0 Å². The van der Waals surface area contributed by atoms with Gasteiger partial charge in [-0.25, -0.2) is 24.1 Å². The maximum absolute atomic E-state index is 13.1. The zero-order chi connectivity index (χ0) is 69.5. The molecule has 15 rings (SSSR count). The molecule has 4 aromatic heterocycles. The molecule has 101 heavy (non-hydrogen) atoms. The van der Waals surface area contributed by atoms with Crippen LogP contribution < -0.4 is 19.3 Å². The molecule has 2 aliphatic heterocycles. The van der Waals surface area contributed by atoms with Gasteiger partial charge < -0.3 is 33.8 Å². The highest BCUT2D eigenvalue weighted by Gasteiger charge is 2.43. The molecule has 14 heteroatoms. The Morgan fingerprint density at radius 3 is 1.15 bits per heavy atom. The van der Waals surface area contributed by atoms with E-state index in [1.807, 2.05) is 73.6 Å². The van der Waals surface area contributed by atoms with Crippen molar-refractivity contribution >= 4 is 39.5 Å². The summed E-state index contributed by atoms with van der Waals surface area (Å²) in [5, 5.41) is 13.2. The number of hydrogen-bond donors (Lipinski definition) is 0. The molecule has 2 atom stereocenters. The molecular weight excluding hydrogens is 1250 g/mol. The molecule has 9 aromatic carbocycles. The van der Waals surface area contributed by atoms with Crippen LogP contribution in [0.15, 0.2) is 285 Å². The lowest BCUT2D eigenvalue weighted by Gasteiger charge is -2.39. The number of carbonyl (C=O) groups is 1. The number of piperazine rings is 2. The average Bonchev–Trinajstić information content (AvgIpc) is 1.60. The van der Waals surface area contributed by atoms with E-state index >= 15 is 0 Å². The van der Waals surface area contributed by atoms with E-state index in [0.29, 0.717) is 25.7 Å². The fourth-order valence-electron chi connectivity index (χ4n) is 14.6. The molecule has 1 amide bonds. The van der Waals surface area contributed by atoms with Gasteiger partial charge in [-0.3, -0.25) is 0 Å². The number of hydrogen-bond acceptors (Lipinski definition) is 11. The number of nitrogens with zero attached hydrogens (tertiary/aromatic N) is 10. The van der Waals surface area contributed by atoms with Crippen molar-refractivity contribution in [3.63, 3.8) is 0 Å². The largest absolute Gasteiger partial charge is 0.491 e. The van der Waals surface area contributed by atoms with Crippen molar-refractivity contribution in [2.75, 3.05) is 56.1 Å². The number of fused-ring (bicyclic) bond motifs is 2. The fraction of sp³-hybridized carbons (Fsp3) is 0.230. The third-order valence-corrected chi connectivity index (χ3v) is 19.5. The molecule has 2 fully saturated rings. The minimum atomic E-state index is -0.808.